The van der Waals surface area contributed by atoms with E-state index >= 15 is 0 Å². The van der Waals surface area contributed by atoms with Gasteiger partial charge in [-0.25, -0.2) is 4.79 Å². The van der Waals surface area contributed by atoms with E-state index in [0.717, 1.165) is 23.1 Å². The van der Waals surface area contributed by atoms with Gasteiger partial charge in [-0.15, -0.1) is 0 Å². The van der Waals surface area contributed by atoms with Crippen LogP contribution in [-0.2, 0) is 16.1 Å². The number of amides is 1. The second-order valence-electron chi connectivity index (χ2n) is 8.89. The van der Waals surface area contributed by atoms with Crippen LogP contribution in [0.25, 0.3) is 0 Å². The second-order valence-corrected chi connectivity index (χ2v) is 8.89. The topological polar surface area (TPSA) is 59.0 Å². The molecule has 2 fully saturated rings. The first-order valence-corrected chi connectivity index (χ1v) is 11.6. The molecule has 0 radical (unpaired) electrons. The van der Waals surface area contributed by atoms with Gasteiger partial charge in [0, 0.05) is 18.6 Å². The molecule has 5 atom stereocenters. The maximum Gasteiger partial charge on any atom is 0.411 e. The molecule has 2 aliphatic rings. The lowest BCUT2D eigenvalue weighted by Crippen LogP contribution is -2.56. The first-order valence-electron chi connectivity index (χ1n) is 11.6. The summed E-state index contributed by atoms with van der Waals surface area (Å²) in [5, 5.41) is 9.92. The molecule has 3 aromatic rings. The highest BCUT2D eigenvalue weighted by molar-refractivity contribution is 5.72. The van der Waals surface area contributed by atoms with Gasteiger partial charge in [-0.05, 0) is 29.0 Å². The third-order valence-electron chi connectivity index (χ3n) is 6.95. The van der Waals surface area contributed by atoms with Gasteiger partial charge in [0.05, 0.1) is 13.2 Å². The van der Waals surface area contributed by atoms with Crippen LogP contribution in [-0.4, -0.2) is 35.4 Å². The van der Waals surface area contributed by atoms with E-state index in [1.165, 1.54) is 0 Å². The fourth-order valence-electron chi connectivity index (χ4n) is 5.16. The second kappa shape index (κ2) is 9.77. The molecule has 5 rings (SSSR count). The minimum atomic E-state index is -0.375. The Morgan fingerprint density at radius 2 is 1.48 bits per heavy atom. The van der Waals surface area contributed by atoms with Crippen molar-refractivity contribution >= 4 is 6.09 Å². The quantitative estimate of drug-likeness (QED) is 0.524. The summed E-state index contributed by atoms with van der Waals surface area (Å²) >= 11 is 0. The third kappa shape index (κ3) is 4.39. The minimum absolute atomic E-state index is 0.0376. The predicted octanol–water partition coefficient (Wildman–Crippen LogP) is 5.14. The van der Waals surface area contributed by atoms with Gasteiger partial charge in [0.25, 0.3) is 0 Å². The number of rotatable bonds is 8. The Morgan fingerprint density at radius 3 is 2.12 bits per heavy atom. The summed E-state index contributed by atoms with van der Waals surface area (Å²) in [7, 11) is 0. The fourth-order valence-corrected chi connectivity index (χ4v) is 5.16. The number of aliphatic hydroxyl groups excluding tert-OH is 1. The monoisotopic (exact) mass is 443 g/mol. The van der Waals surface area contributed by atoms with Gasteiger partial charge in [0.15, 0.2) is 6.10 Å². The molecule has 0 aromatic heterocycles. The average Bonchev–Trinajstić information content (AvgIpc) is 3.20. The summed E-state index contributed by atoms with van der Waals surface area (Å²) < 4.78 is 12.0. The zero-order valence-corrected chi connectivity index (χ0v) is 18.5. The van der Waals surface area contributed by atoms with E-state index in [1.807, 2.05) is 83.8 Å². The highest BCUT2D eigenvalue weighted by atomic mass is 16.6. The zero-order valence-electron chi connectivity index (χ0n) is 18.5. The molecule has 1 amide bonds. The van der Waals surface area contributed by atoms with Crippen LogP contribution in [0.5, 0.6) is 0 Å². The minimum Gasteiger partial charge on any atom is -0.439 e. The van der Waals surface area contributed by atoms with Gasteiger partial charge in [0.2, 0.25) is 0 Å². The summed E-state index contributed by atoms with van der Waals surface area (Å²) in [6.45, 7) is 1.10. The molecule has 1 aliphatic carbocycles. The number of ether oxygens (including phenoxy) is 2. The Morgan fingerprint density at radius 1 is 0.879 bits per heavy atom. The maximum absolute atomic E-state index is 13.2. The number of cyclic esters (lactones) is 1. The molecule has 0 unspecified atom stereocenters. The number of hydrogen-bond donors (Lipinski definition) is 1. The van der Waals surface area contributed by atoms with E-state index < -0.39 is 0 Å². The van der Waals surface area contributed by atoms with Gasteiger partial charge < -0.3 is 14.6 Å². The van der Waals surface area contributed by atoms with Gasteiger partial charge in [-0.1, -0.05) is 91.0 Å². The predicted molar refractivity (Wildman–Crippen MR) is 125 cm³/mol. The van der Waals surface area contributed by atoms with Crippen LogP contribution in [0.1, 0.15) is 35.3 Å². The van der Waals surface area contributed by atoms with Gasteiger partial charge >= 0.3 is 6.09 Å². The van der Waals surface area contributed by atoms with Crippen LogP contribution < -0.4 is 0 Å². The highest BCUT2D eigenvalue weighted by Crippen LogP contribution is 2.50. The fraction of sp³-hybridized carbons (Fsp3) is 0.321. The van der Waals surface area contributed by atoms with Crippen molar-refractivity contribution in [3.8, 4) is 0 Å². The number of aliphatic hydroxyl groups is 1. The van der Waals surface area contributed by atoms with Crippen molar-refractivity contribution in [2.75, 3.05) is 13.2 Å². The smallest absolute Gasteiger partial charge is 0.411 e. The van der Waals surface area contributed by atoms with Crippen molar-refractivity contribution < 1.29 is 19.4 Å². The first-order chi connectivity index (χ1) is 16.3. The Kier molecular flexibility index (Phi) is 6.42. The number of carbonyl (C=O) groups excluding carboxylic acids is 1. The average molecular weight is 444 g/mol. The number of hydrogen-bond acceptors (Lipinski definition) is 4. The summed E-state index contributed by atoms with van der Waals surface area (Å²) in [6.07, 6.45) is 0.0721. The van der Waals surface area contributed by atoms with E-state index in [-0.39, 0.29) is 42.7 Å². The van der Waals surface area contributed by atoms with Crippen LogP contribution in [0.4, 0.5) is 4.79 Å². The van der Waals surface area contributed by atoms with Crippen molar-refractivity contribution in [2.45, 2.75) is 31.2 Å². The van der Waals surface area contributed by atoms with Crippen molar-refractivity contribution in [3.05, 3.63) is 108 Å². The molecule has 5 heteroatoms. The molecule has 1 saturated heterocycles. The first kappa shape index (κ1) is 21.7. The van der Waals surface area contributed by atoms with Crippen LogP contribution in [0.2, 0.25) is 0 Å². The number of carbonyl (C=O) groups is 1. The highest BCUT2D eigenvalue weighted by Gasteiger charge is 2.54. The normalized spacial score (nSPS) is 26.6. The Balaban J connectivity index is 1.38. The molecule has 1 heterocycles. The van der Waals surface area contributed by atoms with Crippen molar-refractivity contribution in [1.82, 2.24) is 4.90 Å². The third-order valence-corrected chi connectivity index (χ3v) is 6.95. The standard InChI is InChI=1S/C28H29NO4/c30-17-23-16-25(24(23)19-32-18-20-10-4-1-5-11-20)29-26(21-12-6-2-7-13-21)27(33-28(29)31)22-14-8-3-9-15-22/h1-15,23-27,30H,16-19H2/t23-,24-,25-,26-,27+/m0/s1. The van der Waals surface area contributed by atoms with Crippen LogP contribution >= 0.6 is 0 Å². The zero-order chi connectivity index (χ0) is 22.6. The summed E-state index contributed by atoms with van der Waals surface area (Å²) in [5.74, 6) is 0.178. The molecule has 1 N–H and O–H groups in total. The summed E-state index contributed by atoms with van der Waals surface area (Å²) in [5.41, 5.74) is 3.14. The molecule has 170 valence electrons. The number of benzene rings is 3. The van der Waals surface area contributed by atoms with Crippen molar-refractivity contribution in [2.24, 2.45) is 11.8 Å². The molecule has 3 aromatic carbocycles. The maximum atomic E-state index is 13.2. The van der Waals surface area contributed by atoms with Gasteiger partial charge in [-0.2, -0.15) is 0 Å². The van der Waals surface area contributed by atoms with Crippen molar-refractivity contribution in [1.29, 1.82) is 0 Å². The molecule has 1 saturated carbocycles. The molecular formula is C28H29NO4. The van der Waals surface area contributed by atoms with E-state index in [4.69, 9.17) is 9.47 Å². The molecule has 0 bridgehead atoms. The van der Waals surface area contributed by atoms with Crippen LogP contribution in [0.15, 0.2) is 91.0 Å². The lowest BCUT2D eigenvalue weighted by molar-refractivity contribution is -0.0624. The lowest BCUT2D eigenvalue weighted by atomic mass is 9.68. The Labute approximate surface area is 194 Å². The van der Waals surface area contributed by atoms with Crippen molar-refractivity contribution in [3.63, 3.8) is 0 Å². The Hall–Kier alpha value is -3.15. The van der Waals surface area contributed by atoms with E-state index in [9.17, 15) is 9.90 Å². The Bertz CT molecular complexity index is 1040. The van der Waals surface area contributed by atoms with Gasteiger partial charge in [-0.3, -0.25) is 4.90 Å². The summed E-state index contributed by atoms with van der Waals surface area (Å²) in [6, 6.07) is 29.8. The molecule has 0 spiro atoms. The molecule has 5 nitrogen and oxygen atoms in total. The van der Waals surface area contributed by atoms with Gasteiger partial charge in [0.1, 0.15) is 6.04 Å². The summed E-state index contributed by atoms with van der Waals surface area (Å²) in [4.78, 5) is 15.1. The molecule has 1 aliphatic heterocycles. The van der Waals surface area contributed by atoms with E-state index in [0.29, 0.717) is 13.2 Å². The molecule has 33 heavy (non-hydrogen) atoms. The lowest BCUT2D eigenvalue weighted by Gasteiger charge is -2.49. The van der Waals surface area contributed by atoms with E-state index in [2.05, 4.69) is 12.1 Å². The largest absolute Gasteiger partial charge is 0.439 e. The van der Waals surface area contributed by atoms with E-state index in [1.54, 1.807) is 0 Å². The number of nitrogens with zero attached hydrogens (tertiary/aromatic N) is 1. The molecular weight excluding hydrogens is 414 g/mol. The van der Waals surface area contributed by atoms with Crippen LogP contribution in [0.3, 0.4) is 0 Å². The SMILES string of the molecule is O=C1O[C@H](c2ccccc2)[C@H](c2ccccc2)N1[C@H]1C[C@@H](CO)[C@@H]1COCc1ccccc1. The van der Waals surface area contributed by atoms with Crippen LogP contribution in [0, 0.1) is 11.8 Å².